The Balaban J connectivity index is 2.09. The molecule has 0 bridgehead atoms. The fraction of sp³-hybridized carbons (Fsp3) is 0.273. The Morgan fingerprint density at radius 1 is 1.21 bits per heavy atom. The Morgan fingerprint density at radius 3 is 2.43 bits per heavy atom. The van der Waals surface area contributed by atoms with Crippen LogP contribution in [0.15, 0.2) is 30.3 Å². The van der Waals surface area contributed by atoms with Crippen molar-refractivity contribution in [2.45, 2.75) is 11.8 Å². The summed E-state index contributed by atoms with van der Waals surface area (Å²) in [6.07, 6.45) is 0.620. The van der Waals surface area contributed by atoms with Crippen LogP contribution in [-0.4, -0.2) is 11.9 Å². The van der Waals surface area contributed by atoms with Gasteiger partial charge in [-0.3, -0.25) is 9.59 Å². The van der Waals surface area contributed by atoms with Gasteiger partial charge in [-0.25, -0.2) is 0 Å². The van der Waals surface area contributed by atoms with E-state index < -0.39 is 5.41 Å². The Kier molecular flexibility index (Phi) is 1.23. The van der Waals surface area contributed by atoms with E-state index in [1.54, 1.807) is 0 Å². The van der Waals surface area contributed by atoms with Crippen molar-refractivity contribution in [3.05, 3.63) is 35.9 Å². The number of hydrogen-bond acceptors (Lipinski definition) is 3. The lowest BCUT2D eigenvalue weighted by atomic mass is 9.95. The first-order valence-corrected chi connectivity index (χ1v) is 4.57. The molecule has 0 radical (unpaired) electrons. The number of ether oxygens (including phenoxy) is 1. The lowest BCUT2D eigenvalue weighted by Crippen LogP contribution is -2.18. The van der Waals surface area contributed by atoms with Crippen molar-refractivity contribution >= 4 is 11.9 Å². The van der Waals surface area contributed by atoms with Crippen LogP contribution in [0.3, 0.4) is 0 Å². The second kappa shape index (κ2) is 2.23. The number of hydrogen-bond donors (Lipinski definition) is 0. The van der Waals surface area contributed by atoms with Gasteiger partial charge in [0, 0.05) is 0 Å². The molecular formula is C11H8O3. The second-order valence-corrected chi connectivity index (χ2v) is 3.80. The number of carbonyl (C=O) groups is 2. The predicted octanol–water partition coefficient (Wildman–Crippen LogP) is 1.03. The van der Waals surface area contributed by atoms with E-state index >= 15 is 0 Å². The molecule has 1 heterocycles. The maximum atomic E-state index is 11.5. The van der Waals surface area contributed by atoms with Gasteiger partial charge in [-0.1, -0.05) is 30.3 Å². The van der Waals surface area contributed by atoms with Crippen molar-refractivity contribution in [2.75, 3.05) is 0 Å². The summed E-state index contributed by atoms with van der Waals surface area (Å²) in [5.74, 6) is -0.963. The van der Waals surface area contributed by atoms with E-state index in [0.717, 1.165) is 5.56 Å². The Labute approximate surface area is 80.7 Å². The summed E-state index contributed by atoms with van der Waals surface area (Å²) in [6, 6.07) is 9.38. The van der Waals surface area contributed by atoms with Crippen molar-refractivity contribution in [3.8, 4) is 0 Å². The standard InChI is InChI=1S/C11H8O3/c12-9-8-6-11(8,10(13)14-9)7-4-2-1-3-5-7/h1-5,8H,6H2/t8-,11+/m1/s1. The third-order valence-electron chi connectivity index (χ3n) is 3.09. The maximum absolute atomic E-state index is 11.5. The summed E-state index contributed by atoms with van der Waals surface area (Å²) in [5, 5.41) is 0. The van der Waals surface area contributed by atoms with Gasteiger partial charge >= 0.3 is 11.9 Å². The highest BCUT2D eigenvalue weighted by Crippen LogP contribution is 2.59. The van der Waals surface area contributed by atoms with E-state index in [9.17, 15) is 9.59 Å². The summed E-state index contributed by atoms with van der Waals surface area (Å²) >= 11 is 0. The molecule has 3 nitrogen and oxygen atoms in total. The van der Waals surface area contributed by atoms with E-state index in [1.165, 1.54) is 0 Å². The van der Waals surface area contributed by atoms with Gasteiger partial charge in [-0.15, -0.1) is 0 Å². The zero-order chi connectivity index (χ0) is 9.76. The van der Waals surface area contributed by atoms with Crippen LogP contribution in [0, 0.1) is 5.92 Å². The van der Waals surface area contributed by atoms with Crippen LogP contribution in [0.5, 0.6) is 0 Å². The van der Waals surface area contributed by atoms with Gasteiger partial charge in [0.05, 0.1) is 5.92 Å². The van der Waals surface area contributed by atoms with Crippen LogP contribution in [0.1, 0.15) is 12.0 Å². The Hall–Kier alpha value is -1.64. The Morgan fingerprint density at radius 2 is 1.93 bits per heavy atom. The number of fused-ring (bicyclic) bond motifs is 1. The molecule has 1 aromatic carbocycles. The first kappa shape index (κ1) is 7.74. The average Bonchev–Trinajstić information content (AvgIpc) is 2.90. The number of cyclic esters (lactones) is 2. The van der Waals surface area contributed by atoms with E-state index in [2.05, 4.69) is 4.74 Å². The van der Waals surface area contributed by atoms with Crippen LogP contribution in [0.25, 0.3) is 0 Å². The topological polar surface area (TPSA) is 43.4 Å². The van der Waals surface area contributed by atoms with E-state index in [1.807, 2.05) is 30.3 Å². The lowest BCUT2D eigenvalue weighted by molar-refractivity contribution is -0.155. The first-order chi connectivity index (χ1) is 6.75. The highest BCUT2D eigenvalue weighted by molar-refractivity contribution is 6.07. The molecule has 70 valence electrons. The van der Waals surface area contributed by atoms with Crippen LogP contribution < -0.4 is 0 Å². The van der Waals surface area contributed by atoms with E-state index in [4.69, 9.17) is 0 Å². The largest absolute Gasteiger partial charge is 0.392 e. The minimum Gasteiger partial charge on any atom is -0.392 e. The SMILES string of the molecule is O=C1OC(=O)[C@]2(c3ccccc3)C[C@H]12. The van der Waals surface area contributed by atoms with Crippen molar-refractivity contribution in [2.24, 2.45) is 5.92 Å². The molecule has 0 amide bonds. The number of rotatable bonds is 1. The fourth-order valence-corrected chi connectivity index (χ4v) is 2.20. The molecule has 1 aliphatic carbocycles. The average molecular weight is 188 g/mol. The molecule has 3 heteroatoms. The van der Waals surface area contributed by atoms with Gasteiger partial charge in [-0.05, 0) is 12.0 Å². The summed E-state index contributed by atoms with van der Waals surface area (Å²) in [5.41, 5.74) is 0.277. The van der Waals surface area contributed by atoms with Crippen molar-refractivity contribution in [3.63, 3.8) is 0 Å². The van der Waals surface area contributed by atoms with Gasteiger partial charge in [0.25, 0.3) is 0 Å². The zero-order valence-corrected chi connectivity index (χ0v) is 7.40. The molecule has 2 atom stereocenters. The zero-order valence-electron chi connectivity index (χ0n) is 7.40. The minimum atomic E-state index is -0.627. The molecule has 3 rings (SSSR count). The third-order valence-corrected chi connectivity index (χ3v) is 3.09. The molecule has 2 aliphatic rings. The number of carbonyl (C=O) groups excluding carboxylic acids is 2. The van der Waals surface area contributed by atoms with E-state index in [0.29, 0.717) is 6.42 Å². The molecule has 1 aromatic rings. The second-order valence-electron chi connectivity index (χ2n) is 3.80. The summed E-state index contributed by atoms with van der Waals surface area (Å²) in [4.78, 5) is 22.7. The van der Waals surface area contributed by atoms with Crippen LogP contribution in [0.2, 0.25) is 0 Å². The lowest BCUT2D eigenvalue weighted by Gasteiger charge is -2.07. The van der Waals surface area contributed by atoms with Crippen molar-refractivity contribution < 1.29 is 14.3 Å². The maximum Gasteiger partial charge on any atom is 0.325 e. The molecule has 2 fully saturated rings. The van der Waals surface area contributed by atoms with Crippen molar-refractivity contribution in [1.29, 1.82) is 0 Å². The first-order valence-electron chi connectivity index (χ1n) is 4.57. The van der Waals surface area contributed by atoms with Gasteiger partial charge in [0.15, 0.2) is 0 Å². The molecule has 1 saturated carbocycles. The highest BCUT2D eigenvalue weighted by Gasteiger charge is 2.71. The van der Waals surface area contributed by atoms with Crippen molar-refractivity contribution in [1.82, 2.24) is 0 Å². The molecule has 1 aliphatic heterocycles. The number of esters is 2. The van der Waals surface area contributed by atoms with Crippen LogP contribution in [0.4, 0.5) is 0 Å². The molecule has 14 heavy (non-hydrogen) atoms. The van der Waals surface area contributed by atoms with Gasteiger partial charge in [0.1, 0.15) is 5.41 Å². The fourth-order valence-electron chi connectivity index (χ4n) is 2.20. The summed E-state index contributed by atoms with van der Waals surface area (Å²) < 4.78 is 4.60. The smallest absolute Gasteiger partial charge is 0.325 e. The summed E-state index contributed by atoms with van der Waals surface area (Å²) in [6.45, 7) is 0. The normalized spacial score (nSPS) is 33.9. The van der Waals surface area contributed by atoms with Crippen LogP contribution >= 0.6 is 0 Å². The predicted molar refractivity (Wildman–Crippen MR) is 47.3 cm³/mol. The minimum absolute atomic E-state index is 0.225. The van der Waals surface area contributed by atoms with Gasteiger partial charge in [-0.2, -0.15) is 0 Å². The molecule has 0 unspecified atom stereocenters. The third kappa shape index (κ3) is 0.726. The quantitative estimate of drug-likeness (QED) is 0.488. The highest BCUT2D eigenvalue weighted by atomic mass is 16.6. The molecule has 0 aromatic heterocycles. The van der Waals surface area contributed by atoms with Crippen LogP contribution in [-0.2, 0) is 19.7 Å². The molecule has 0 spiro atoms. The monoisotopic (exact) mass is 188 g/mol. The number of benzene rings is 1. The van der Waals surface area contributed by atoms with Gasteiger partial charge < -0.3 is 4.74 Å². The molecule has 0 N–H and O–H groups in total. The van der Waals surface area contributed by atoms with Gasteiger partial charge in [0.2, 0.25) is 0 Å². The van der Waals surface area contributed by atoms with E-state index in [-0.39, 0.29) is 17.9 Å². The Bertz CT molecular complexity index is 423. The molecule has 1 saturated heterocycles. The summed E-state index contributed by atoms with van der Waals surface area (Å²) in [7, 11) is 0. The molecular weight excluding hydrogens is 180 g/mol.